The lowest BCUT2D eigenvalue weighted by molar-refractivity contribution is 0.339. The second-order valence-corrected chi connectivity index (χ2v) is 4.25. The highest BCUT2D eigenvalue weighted by Crippen LogP contribution is 2.23. The maximum absolute atomic E-state index is 5.68. The summed E-state index contributed by atoms with van der Waals surface area (Å²) in [6.45, 7) is 2.97. The zero-order chi connectivity index (χ0) is 15.1. The second kappa shape index (κ2) is 7.14. The first-order chi connectivity index (χ1) is 10.2. The quantitative estimate of drug-likeness (QED) is 0.626. The molecule has 6 heteroatoms. The van der Waals surface area contributed by atoms with Gasteiger partial charge in [-0.3, -0.25) is 0 Å². The molecule has 0 aliphatic heterocycles. The molecule has 21 heavy (non-hydrogen) atoms. The van der Waals surface area contributed by atoms with Gasteiger partial charge in [0.05, 0.1) is 13.2 Å². The van der Waals surface area contributed by atoms with E-state index in [1.54, 1.807) is 12.3 Å². The SMILES string of the molecule is CCOc1ccc(Oc2cc(CN=C(N)N)ccn2)cc1. The fraction of sp³-hybridized carbons (Fsp3) is 0.200. The first-order valence-electron chi connectivity index (χ1n) is 6.58. The second-order valence-electron chi connectivity index (χ2n) is 4.25. The molecule has 6 nitrogen and oxygen atoms in total. The van der Waals surface area contributed by atoms with Crippen molar-refractivity contribution in [1.29, 1.82) is 0 Å². The van der Waals surface area contributed by atoms with Crippen molar-refractivity contribution in [3.8, 4) is 17.4 Å². The zero-order valence-electron chi connectivity index (χ0n) is 11.8. The predicted octanol–water partition coefficient (Wildman–Crippen LogP) is 2.05. The molecule has 0 aliphatic rings. The van der Waals surface area contributed by atoms with Gasteiger partial charge < -0.3 is 20.9 Å². The number of rotatable bonds is 6. The van der Waals surface area contributed by atoms with Crippen molar-refractivity contribution in [3.05, 3.63) is 48.2 Å². The Hall–Kier alpha value is -2.76. The third-order valence-electron chi connectivity index (χ3n) is 2.60. The van der Waals surface area contributed by atoms with Crippen LogP contribution in [0, 0.1) is 0 Å². The van der Waals surface area contributed by atoms with Gasteiger partial charge in [-0.25, -0.2) is 9.98 Å². The molecule has 0 saturated heterocycles. The number of benzene rings is 1. The van der Waals surface area contributed by atoms with Gasteiger partial charge >= 0.3 is 0 Å². The normalized spacial score (nSPS) is 9.95. The van der Waals surface area contributed by atoms with Gasteiger partial charge in [0.25, 0.3) is 0 Å². The highest BCUT2D eigenvalue weighted by molar-refractivity contribution is 5.75. The molecule has 1 aromatic carbocycles. The number of aliphatic imine (C=N–C) groups is 1. The molecular formula is C15H18N4O2. The van der Waals surface area contributed by atoms with E-state index in [4.69, 9.17) is 20.9 Å². The standard InChI is InChI=1S/C15H18N4O2/c1-2-20-12-3-5-13(6-4-12)21-14-9-11(7-8-18-14)10-19-15(16)17/h3-9H,2,10H2,1H3,(H4,16,17,19). The van der Waals surface area contributed by atoms with Crippen molar-refractivity contribution in [3.63, 3.8) is 0 Å². The summed E-state index contributed by atoms with van der Waals surface area (Å²) in [7, 11) is 0. The number of hydrogen-bond donors (Lipinski definition) is 2. The van der Waals surface area contributed by atoms with Crippen molar-refractivity contribution in [2.45, 2.75) is 13.5 Å². The van der Waals surface area contributed by atoms with Gasteiger partial charge in [-0.1, -0.05) is 0 Å². The molecule has 1 aromatic heterocycles. The Labute approximate surface area is 123 Å². The minimum atomic E-state index is 0.0563. The first kappa shape index (κ1) is 14.6. The molecule has 1 heterocycles. The van der Waals surface area contributed by atoms with Crippen LogP contribution < -0.4 is 20.9 Å². The van der Waals surface area contributed by atoms with Crippen LogP contribution in [0.1, 0.15) is 12.5 Å². The number of guanidine groups is 1. The van der Waals surface area contributed by atoms with Crippen molar-refractivity contribution in [1.82, 2.24) is 4.98 Å². The van der Waals surface area contributed by atoms with E-state index in [-0.39, 0.29) is 5.96 Å². The van der Waals surface area contributed by atoms with Crippen LogP contribution in [0.25, 0.3) is 0 Å². The van der Waals surface area contributed by atoms with Gasteiger partial charge in [0.1, 0.15) is 11.5 Å². The molecule has 0 aliphatic carbocycles. The summed E-state index contributed by atoms with van der Waals surface area (Å²) < 4.78 is 11.1. The van der Waals surface area contributed by atoms with Crippen LogP contribution in [0.5, 0.6) is 17.4 Å². The van der Waals surface area contributed by atoms with Crippen LogP contribution in [-0.2, 0) is 6.54 Å². The summed E-state index contributed by atoms with van der Waals surface area (Å²) >= 11 is 0. The lowest BCUT2D eigenvalue weighted by atomic mass is 10.2. The summed E-state index contributed by atoms with van der Waals surface area (Å²) in [5, 5.41) is 0. The fourth-order valence-corrected chi connectivity index (χ4v) is 1.68. The maximum Gasteiger partial charge on any atom is 0.219 e. The van der Waals surface area contributed by atoms with Gasteiger partial charge in [-0.05, 0) is 42.8 Å². The monoisotopic (exact) mass is 286 g/mol. The molecule has 0 fully saturated rings. The summed E-state index contributed by atoms with van der Waals surface area (Å²) in [5.74, 6) is 2.03. The van der Waals surface area contributed by atoms with Crippen molar-refractivity contribution >= 4 is 5.96 Å². The van der Waals surface area contributed by atoms with E-state index >= 15 is 0 Å². The van der Waals surface area contributed by atoms with Gasteiger partial charge in [-0.15, -0.1) is 0 Å². The lowest BCUT2D eigenvalue weighted by Gasteiger charge is -2.07. The van der Waals surface area contributed by atoms with E-state index < -0.39 is 0 Å². The van der Waals surface area contributed by atoms with E-state index in [9.17, 15) is 0 Å². The molecule has 0 saturated carbocycles. The minimum Gasteiger partial charge on any atom is -0.494 e. The van der Waals surface area contributed by atoms with E-state index in [2.05, 4.69) is 9.98 Å². The van der Waals surface area contributed by atoms with Crippen molar-refractivity contribution < 1.29 is 9.47 Å². The summed E-state index contributed by atoms with van der Waals surface area (Å²) in [4.78, 5) is 8.10. The van der Waals surface area contributed by atoms with Crippen LogP contribution in [0.3, 0.4) is 0 Å². The number of pyridine rings is 1. The molecule has 0 atom stereocenters. The third kappa shape index (κ3) is 4.68. The van der Waals surface area contributed by atoms with E-state index in [0.717, 1.165) is 11.3 Å². The highest BCUT2D eigenvalue weighted by atomic mass is 16.5. The Morgan fingerprint density at radius 3 is 2.52 bits per heavy atom. The van der Waals surface area contributed by atoms with E-state index in [1.165, 1.54) is 0 Å². The molecular weight excluding hydrogens is 268 g/mol. The summed E-state index contributed by atoms with van der Waals surface area (Å²) in [6, 6.07) is 11.0. The smallest absolute Gasteiger partial charge is 0.219 e. The average Bonchev–Trinajstić information content (AvgIpc) is 2.48. The summed E-state index contributed by atoms with van der Waals surface area (Å²) in [5.41, 5.74) is 11.5. The number of nitrogens with two attached hydrogens (primary N) is 2. The Balaban J connectivity index is 2.05. The number of nitrogens with zero attached hydrogens (tertiary/aromatic N) is 2. The molecule has 0 bridgehead atoms. The van der Waals surface area contributed by atoms with E-state index in [1.807, 2.05) is 37.3 Å². The first-order valence-corrected chi connectivity index (χ1v) is 6.58. The largest absolute Gasteiger partial charge is 0.494 e. The molecule has 0 amide bonds. The lowest BCUT2D eigenvalue weighted by Crippen LogP contribution is -2.22. The number of hydrogen-bond acceptors (Lipinski definition) is 4. The van der Waals surface area contributed by atoms with E-state index in [0.29, 0.717) is 24.8 Å². The molecule has 0 spiro atoms. The molecule has 4 N–H and O–H groups in total. The molecule has 2 rings (SSSR count). The number of aromatic nitrogens is 1. The minimum absolute atomic E-state index is 0.0563. The average molecular weight is 286 g/mol. The van der Waals surface area contributed by atoms with Gasteiger partial charge in [0.2, 0.25) is 5.88 Å². The van der Waals surface area contributed by atoms with Crippen LogP contribution in [0.2, 0.25) is 0 Å². The Bertz CT molecular complexity index is 607. The Kier molecular flexibility index (Phi) is 4.98. The zero-order valence-corrected chi connectivity index (χ0v) is 11.8. The molecule has 2 aromatic rings. The highest BCUT2D eigenvalue weighted by Gasteiger charge is 2.01. The maximum atomic E-state index is 5.68. The van der Waals surface area contributed by atoms with Crippen molar-refractivity contribution in [2.24, 2.45) is 16.5 Å². The fourth-order valence-electron chi connectivity index (χ4n) is 1.68. The van der Waals surface area contributed by atoms with Crippen LogP contribution >= 0.6 is 0 Å². The topological polar surface area (TPSA) is 95.8 Å². The molecule has 0 radical (unpaired) electrons. The Morgan fingerprint density at radius 2 is 1.86 bits per heavy atom. The number of ether oxygens (including phenoxy) is 2. The summed E-state index contributed by atoms with van der Waals surface area (Å²) in [6.07, 6.45) is 1.65. The molecule has 0 unspecified atom stereocenters. The van der Waals surface area contributed by atoms with Crippen molar-refractivity contribution in [2.75, 3.05) is 6.61 Å². The van der Waals surface area contributed by atoms with Gasteiger partial charge in [0, 0.05) is 12.3 Å². The van der Waals surface area contributed by atoms with Gasteiger partial charge in [0.15, 0.2) is 5.96 Å². The Morgan fingerprint density at radius 1 is 1.14 bits per heavy atom. The van der Waals surface area contributed by atoms with Crippen LogP contribution in [-0.4, -0.2) is 17.6 Å². The van der Waals surface area contributed by atoms with Gasteiger partial charge in [-0.2, -0.15) is 0 Å². The van der Waals surface area contributed by atoms with Crippen LogP contribution in [0.15, 0.2) is 47.6 Å². The predicted molar refractivity (Wildman–Crippen MR) is 81.4 cm³/mol. The third-order valence-corrected chi connectivity index (χ3v) is 2.60. The molecule has 110 valence electrons. The van der Waals surface area contributed by atoms with Crippen LogP contribution in [0.4, 0.5) is 0 Å².